The maximum absolute atomic E-state index is 11.8. The minimum atomic E-state index is -0.0303. The lowest BCUT2D eigenvalue weighted by Crippen LogP contribution is -2.46. The average Bonchev–Trinajstić information content (AvgIpc) is 2.89. The quantitative estimate of drug-likeness (QED) is 0.746. The number of hydrogen-bond donors (Lipinski definition) is 2. The van der Waals surface area contributed by atoms with Gasteiger partial charge in [0.25, 0.3) is 0 Å². The molecule has 1 aliphatic heterocycles. The van der Waals surface area contributed by atoms with Gasteiger partial charge in [0.2, 0.25) is 5.91 Å². The highest BCUT2D eigenvalue weighted by Gasteiger charge is 2.11. The molecule has 7 heteroatoms. The third-order valence-corrected chi connectivity index (χ3v) is 3.62. The molecule has 1 fully saturated rings. The first kappa shape index (κ1) is 15.9. The normalized spacial score (nSPS) is 16.3. The highest BCUT2D eigenvalue weighted by molar-refractivity contribution is 5.89. The van der Waals surface area contributed by atoms with Gasteiger partial charge in [0.1, 0.15) is 5.76 Å². The summed E-state index contributed by atoms with van der Waals surface area (Å²) in [6.45, 7) is 8.95. The zero-order valence-corrected chi connectivity index (χ0v) is 12.9. The van der Waals surface area contributed by atoms with E-state index in [1.54, 1.807) is 13.0 Å². The molecule has 0 atom stereocenters. The van der Waals surface area contributed by atoms with Gasteiger partial charge in [0, 0.05) is 58.3 Å². The van der Waals surface area contributed by atoms with E-state index in [0.29, 0.717) is 18.0 Å². The second-order valence-electron chi connectivity index (χ2n) is 5.52. The molecule has 0 unspecified atom stereocenters. The van der Waals surface area contributed by atoms with Gasteiger partial charge in [-0.3, -0.25) is 9.69 Å². The molecule has 2 heterocycles. The molecule has 0 aliphatic carbocycles. The predicted octanol–water partition coefficient (Wildman–Crippen LogP) is 0.149. The molecule has 0 aromatic carbocycles. The van der Waals surface area contributed by atoms with Crippen LogP contribution < -0.4 is 10.6 Å². The van der Waals surface area contributed by atoms with Gasteiger partial charge in [-0.2, -0.15) is 0 Å². The third kappa shape index (κ3) is 5.82. The molecule has 0 bridgehead atoms. The largest absolute Gasteiger partial charge is 0.360 e. The molecule has 2 rings (SSSR count). The highest BCUT2D eigenvalue weighted by Crippen LogP contribution is 2.07. The van der Waals surface area contributed by atoms with E-state index in [1.165, 1.54) is 0 Å². The smallest absolute Gasteiger partial charge is 0.226 e. The van der Waals surface area contributed by atoms with Gasteiger partial charge < -0.3 is 20.1 Å². The number of hydrogen-bond acceptors (Lipinski definition) is 6. The van der Waals surface area contributed by atoms with Crippen LogP contribution >= 0.6 is 0 Å². The lowest BCUT2D eigenvalue weighted by Gasteiger charge is -2.29. The molecule has 1 aromatic heterocycles. The van der Waals surface area contributed by atoms with Crippen LogP contribution in [0.3, 0.4) is 0 Å². The summed E-state index contributed by atoms with van der Waals surface area (Å²) in [5, 5.41) is 9.83. The van der Waals surface area contributed by atoms with Crippen molar-refractivity contribution in [1.82, 2.24) is 20.3 Å². The summed E-state index contributed by atoms with van der Waals surface area (Å²) < 4.78 is 4.91. The lowest BCUT2D eigenvalue weighted by molar-refractivity contribution is -0.116. The number of aromatic nitrogens is 1. The number of amides is 1. The Bertz CT molecular complexity index is 442. The van der Waals surface area contributed by atoms with Crippen molar-refractivity contribution in [2.75, 3.05) is 58.2 Å². The molecule has 118 valence electrons. The van der Waals surface area contributed by atoms with E-state index in [2.05, 4.69) is 32.6 Å². The van der Waals surface area contributed by atoms with Crippen molar-refractivity contribution in [2.45, 2.75) is 13.3 Å². The van der Waals surface area contributed by atoms with Crippen molar-refractivity contribution < 1.29 is 9.32 Å². The number of anilines is 1. The van der Waals surface area contributed by atoms with Gasteiger partial charge in [-0.25, -0.2) is 0 Å². The van der Waals surface area contributed by atoms with Gasteiger partial charge >= 0.3 is 0 Å². The topological polar surface area (TPSA) is 73.6 Å². The Morgan fingerprint density at radius 3 is 2.90 bits per heavy atom. The number of aryl methyl sites for hydroxylation is 1. The summed E-state index contributed by atoms with van der Waals surface area (Å²) in [5.74, 6) is 1.15. The van der Waals surface area contributed by atoms with Crippen LogP contribution in [0.1, 0.15) is 12.2 Å². The molecule has 2 N–H and O–H groups in total. The van der Waals surface area contributed by atoms with E-state index >= 15 is 0 Å². The zero-order chi connectivity index (χ0) is 15.1. The van der Waals surface area contributed by atoms with Crippen molar-refractivity contribution in [2.24, 2.45) is 0 Å². The summed E-state index contributed by atoms with van der Waals surface area (Å²) in [6.07, 6.45) is 0.462. The number of likely N-dealkylation sites (N-methyl/N-ethyl adjacent to an activating group) is 1. The molecule has 7 nitrogen and oxygen atoms in total. The predicted molar refractivity (Wildman–Crippen MR) is 81.3 cm³/mol. The number of carbonyl (C=O) groups excluding carboxylic acids is 1. The molecule has 1 saturated heterocycles. The van der Waals surface area contributed by atoms with Gasteiger partial charge in [-0.15, -0.1) is 0 Å². The Balaban J connectivity index is 1.59. The van der Waals surface area contributed by atoms with Gasteiger partial charge in [-0.05, 0) is 14.0 Å². The number of nitrogens with one attached hydrogen (secondary N) is 2. The molecule has 0 saturated carbocycles. The first-order chi connectivity index (χ1) is 10.1. The van der Waals surface area contributed by atoms with Gasteiger partial charge in [0.15, 0.2) is 5.82 Å². The molecular weight excluding hydrogens is 270 g/mol. The number of rotatable bonds is 7. The highest BCUT2D eigenvalue weighted by atomic mass is 16.5. The fraction of sp³-hybridized carbons (Fsp3) is 0.714. The van der Waals surface area contributed by atoms with Crippen LogP contribution in [-0.4, -0.2) is 73.7 Å². The molecule has 21 heavy (non-hydrogen) atoms. The molecule has 1 amide bonds. The minimum absolute atomic E-state index is 0.0303. The van der Waals surface area contributed by atoms with Crippen LogP contribution in [0, 0.1) is 6.92 Å². The SMILES string of the molecule is Cc1cc(NC(=O)CCN(C)CCN2CCNCC2)no1. The Hall–Kier alpha value is -1.44. The Labute approximate surface area is 125 Å². The van der Waals surface area contributed by atoms with Crippen LogP contribution in [-0.2, 0) is 4.79 Å². The Morgan fingerprint density at radius 1 is 1.48 bits per heavy atom. The van der Waals surface area contributed by atoms with E-state index in [-0.39, 0.29) is 5.91 Å². The lowest BCUT2D eigenvalue weighted by atomic mass is 10.3. The second-order valence-corrected chi connectivity index (χ2v) is 5.52. The van der Waals surface area contributed by atoms with E-state index in [4.69, 9.17) is 4.52 Å². The number of carbonyl (C=O) groups is 1. The van der Waals surface area contributed by atoms with Crippen molar-refractivity contribution in [3.63, 3.8) is 0 Å². The second kappa shape index (κ2) is 8.11. The van der Waals surface area contributed by atoms with Crippen molar-refractivity contribution in [1.29, 1.82) is 0 Å². The summed E-state index contributed by atoms with van der Waals surface area (Å²) in [6, 6.07) is 1.71. The fourth-order valence-corrected chi connectivity index (χ4v) is 2.28. The van der Waals surface area contributed by atoms with E-state index < -0.39 is 0 Å². The van der Waals surface area contributed by atoms with Gasteiger partial charge in [-0.1, -0.05) is 5.16 Å². The van der Waals surface area contributed by atoms with Crippen LogP contribution in [0.2, 0.25) is 0 Å². The maximum atomic E-state index is 11.8. The van der Waals surface area contributed by atoms with E-state index in [0.717, 1.165) is 45.8 Å². The Kier molecular flexibility index (Phi) is 6.16. The Morgan fingerprint density at radius 2 is 2.24 bits per heavy atom. The zero-order valence-electron chi connectivity index (χ0n) is 12.9. The van der Waals surface area contributed by atoms with Crippen LogP contribution in [0.4, 0.5) is 5.82 Å². The van der Waals surface area contributed by atoms with E-state index in [9.17, 15) is 4.79 Å². The average molecular weight is 295 g/mol. The molecule has 1 aromatic rings. The van der Waals surface area contributed by atoms with E-state index in [1.807, 2.05) is 0 Å². The number of nitrogens with zero attached hydrogens (tertiary/aromatic N) is 3. The first-order valence-corrected chi connectivity index (χ1v) is 7.48. The van der Waals surface area contributed by atoms with Crippen molar-refractivity contribution in [3.8, 4) is 0 Å². The van der Waals surface area contributed by atoms with Crippen LogP contribution in [0.15, 0.2) is 10.6 Å². The van der Waals surface area contributed by atoms with Crippen molar-refractivity contribution >= 4 is 11.7 Å². The maximum Gasteiger partial charge on any atom is 0.226 e. The summed E-state index contributed by atoms with van der Waals surface area (Å²) in [4.78, 5) is 16.4. The summed E-state index contributed by atoms with van der Waals surface area (Å²) >= 11 is 0. The monoisotopic (exact) mass is 295 g/mol. The number of piperazine rings is 1. The molecular formula is C14H25N5O2. The standard InChI is InChI=1S/C14H25N5O2/c1-12-11-13(17-21-12)16-14(20)3-6-18(2)9-10-19-7-4-15-5-8-19/h11,15H,3-10H2,1-2H3,(H,16,17,20). The fourth-order valence-electron chi connectivity index (χ4n) is 2.28. The van der Waals surface area contributed by atoms with Crippen LogP contribution in [0.5, 0.6) is 0 Å². The van der Waals surface area contributed by atoms with Gasteiger partial charge in [0.05, 0.1) is 0 Å². The molecule has 0 spiro atoms. The molecule has 0 radical (unpaired) electrons. The first-order valence-electron chi connectivity index (χ1n) is 7.48. The molecule has 1 aliphatic rings. The van der Waals surface area contributed by atoms with Crippen molar-refractivity contribution in [3.05, 3.63) is 11.8 Å². The van der Waals surface area contributed by atoms with Crippen LogP contribution in [0.25, 0.3) is 0 Å². The minimum Gasteiger partial charge on any atom is -0.360 e. The summed E-state index contributed by atoms with van der Waals surface area (Å²) in [7, 11) is 2.05. The summed E-state index contributed by atoms with van der Waals surface area (Å²) in [5.41, 5.74) is 0. The third-order valence-electron chi connectivity index (χ3n) is 3.62.